The summed E-state index contributed by atoms with van der Waals surface area (Å²) < 4.78 is 4.53. The van der Waals surface area contributed by atoms with Gasteiger partial charge in [-0.15, -0.1) is 0 Å². The van der Waals surface area contributed by atoms with E-state index in [9.17, 15) is 14.4 Å². The number of hydrogen-bond donors (Lipinski definition) is 3. The Hall–Kier alpha value is -1.28. The van der Waals surface area contributed by atoms with Gasteiger partial charge in [0.1, 0.15) is 13.2 Å². The van der Waals surface area contributed by atoms with Crippen LogP contribution in [0.2, 0.25) is 0 Å². The number of nitrogens with one attached hydrogen (secondary N) is 2. The van der Waals surface area contributed by atoms with E-state index in [0.29, 0.717) is 6.54 Å². The maximum absolute atomic E-state index is 11.2. The molecule has 0 unspecified atom stereocenters. The number of carboxylic acid groups (broad SMARTS) is 1. The van der Waals surface area contributed by atoms with Gasteiger partial charge in [0.15, 0.2) is 0 Å². The monoisotopic (exact) mass is 292 g/mol. The van der Waals surface area contributed by atoms with Crippen LogP contribution in [0.25, 0.3) is 0 Å². The second kappa shape index (κ2) is 11.8. The van der Waals surface area contributed by atoms with Crippen molar-refractivity contribution < 1.29 is 24.2 Å². The fourth-order valence-corrected chi connectivity index (χ4v) is 1.68. The molecular weight excluding hydrogens is 272 g/mol. The van der Waals surface area contributed by atoms with Gasteiger partial charge in [0.2, 0.25) is 0 Å². The van der Waals surface area contributed by atoms with E-state index in [-0.39, 0.29) is 0 Å². The third-order valence-corrected chi connectivity index (χ3v) is 2.72. The maximum Gasteiger partial charge on any atom is 0.329 e. The quantitative estimate of drug-likeness (QED) is 0.505. The minimum absolute atomic E-state index is 0.451. The van der Waals surface area contributed by atoms with E-state index < -0.39 is 31.1 Å². The molecule has 7 nitrogen and oxygen atoms in total. The molecule has 0 heterocycles. The van der Waals surface area contributed by atoms with Crippen LogP contribution >= 0.6 is 11.8 Å². The molecule has 0 rings (SSSR count). The number of ether oxygens (including phenoxy) is 1. The predicted molar refractivity (Wildman–Crippen MR) is 72.2 cm³/mol. The first-order valence-corrected chi connectivity index (χ1v) is 7.31. The molecule has 0 saturated heterocycles. The van der Waals surface area contributed by atoms with Crippen molar-refractivity contribution in [3.8, 4) is 0 Å². The van der Waals surface area contributed by atoms with E-state index in [1.807, 2.05) is 11.6 Å². The van der Waals surface area contributed by atoms with Gasteiger partial charge < -0.3 is 15.2 Å². The van der Waals surface area contributed by atoms with Crippen molar-refractivity contribution in [1.82, 2.24) is 10.6 Å². The number of aliphatic carboxylic acids is 1. The average Bonchev–Trinajstić information content (AvgIpc) is 2.33. The molecule has 0 aliphatic heterocycles. The van der Waals surface area contributed by atoms with E-state index in [1.54, 1.807) is 11.8 Å². The molecule has 3 N–H and O–H groups in total. The van der Waals surface area contributed by atoms with Crippen LogP contribution in [-0.2, 0) is 14.3 Å². The molecule has 0 atom stereocenters. The van der Waals surface area contributed by atoms with E-state index in [0.717, 1.165) is 25.0 Å². The zero-order valence-corrected chi connectivity index (χ0v) is 11.8. The van der Waals surface area contributed by atoms with E-state index >= 15 is 0 Å². The highest BCUT2D eigenvalue weighted by molar-refractivity contribution is 7.98. The fraction of sp³-hybridized carbons (Fsp3) is 0.727. The summed E-state index contributed by atoms with van der Waals surface area (Å²) in [6.45, 7) is -0.513. The number of imide groups is 1. The van der Waals surface area contributed by atoms with E-state index in [4.69, 9.17) is 5.11 Å². The second-order valence-electron chi connectivity index (χ2n) is 3.74. The lowest BCUT2D eigenvalue weighted by molar-refractivity contribution is -0.143. The molecule has 8 heteroatoms. The third-order valence-electron chi connectivity index (χ3n) is 2.02. The molecular formula is C11H20N2O5S. The highest BCUT2D eigenvalue weighted by atomic mass is 32.2. The number of rotatable bonds is 10. The lowest BCUT2D eigenvalue weighted by atomic mass is 10.2. The predicted octanol–water partition coefficient (Wildman–Crippen LogP) is 0.447. The van der Waals surface area contributed by atoms with Crippen molar-refractivity contribution in [2.24, 2.45) is 0 Å². The summed E-state index contributed by atoms with van der Waals surface area (Å²) in [4.78, 5) is 32.5. The van der Waals surface area contributed by atoms with Gasteiger partial charge in [-0.1, -0.05) is 6.42 Å². The lowest BCUT2D eigenvalue weighted by Crippen LogP contribution is -2.41. The molecule has 0 aromatic rings. The second-order valence-corrected chi connectivity index (χ2v) is 4.73. The molecule has 0 saturated carbocycles. The summed E-state index contributed by atoms with van der Waals surface area (Å²) in [6, 6.07) is -0.589. The number of amides is 3. The first kappa shape index (κ1) is 17.7. The van der Waals surface area contributed by atoms with E-state index in [2.05, 4.69) is 10.1 Å². The largest absolute Gasteiger partial charge is 0.480 e. The van der Waals surface area contributed by atoms with Crippen LogP contribution in [0.5, 0.6) is 0 Å². The van der Waals surface area contributed by atoms with Crippen LogP contribution in [0.4, 0.5) is 4.79 Å². The molecule has 3 amide bonds. The van der Waals surface area contributed by atoms with Crippen molar-refractivity contribution in [3.05, 3.63) is 0 Å². The van der Waals surface area contributed by atoms with Gasteiger partial charge >= 0.3 is 12.0 Å². The molecule has 110 valence electrons. The Morgan fingerprint density at radius 2 is 1.89 bits per heavy atom. The van der Waals surface area contributed by atoms with Crippen molar-refractivity contribution in [2.75, 3.05) is 31.8 Å². The molecule has 0 aromatic heterocycles. The van der Waals surface area contributed by atoms with Crippen LogP contribution in [0.15, 0.2) is 0 Å². The first-order chi connectivity index (χ1) is 9.06. The molecule has 0 aromatic carbocycles. The van der Waals surface area contributed by atoms with Crippen molar-refractivity contribution >= 4 is 29.7 Å². The molecule has 19 heavy (non-hydrogen) atoms. The van der Waals surface area contributed by atoms with Gasteiger partial charge in [-0.2, -0.15) is 11.8 Å². The zero-order chi connectivity index (χ0) is 14.5. The summed E-state index contributed by atoms with van der Waals surface area (Å²) in [7, 11) is 0. The first-order valence-electron chi connectivity index (χ1n) is 5.92. The maximum atomic E-state index is 11.2. The molecule has 0 aliphatic carbocycles. The number of hydrogen-bond acceptors (Lipinski definition) is 5. The van der Waals surface area contributed by atoms with Gasteiger partial charge in [-0.25, -0.2) is 9.59 Å². The topological polar surface area (TPSA) is 105 Å². The van der Waals surface area contributed by atoms with Crippen LogP contribution in [0.1, 0.15) is 19.3 Å². The SMILES string of the molecule is CSCCCCCNC(=O)NC(=O)COCC(=O)O. The van der Waals surface area contributed by atoms with Gasteiger partial charge in [-0.3, -0.25) is 10.1 Å². The van der Waals surface area contributed by atoms with Gasteiger partial charge in [-0.05, 0) is 24.9 Å². The Balaban J connectivity index is 3.46. The number of thioether (sulfide) groups is 1. The third kappa shape index (κ3) is 13.0. The van der Waals surface area contributed by atoms with Crippen LogP contribution in [0.3, 0.4) is 0 Å². The smallest absolute Gasteiger partial charge is 0.329 e. The van der Waals surface area contributed by atoms with Crippen molar-refractivity contribution in [2.45, 2.75) is 19.3 Å². The minimum atomic E-state index is -1.16. The summed E-state index contributed by atoms with van der Waals surface area (Å²) in [6.07, 6.45) is 5.03. The summed E-state index contributed by atoms with van der Waals surface area (Å²) in [5.74, 6) is -0.727. The Morgan fingerprint density at radius 1 is 1.16 bits per heavy atom. The normalized spacial score (nSPS) is 9.95. The van der Waals surface area contributed by atoms with Gasteiger partial charge in [0, 0.05) is 6.54 Å². The number of carbonyl (C=O) groups is 3. The lowest BCUT2D eigenvalue weighted by Gasteiger charge is -2.06. The number of unbranched alkanes of at least 4 members (excludes halogenated alkanes) is 2. The molecule has 0 fully saturated rings. The molecule has 0 radical (unpaired) electrons. The average molecular weight is 292 g/mol. The van der Waals surface area contributed by atoms with E-state index in [1.165, 1.54) is 0 Å². The summed E-state index contributed by atoms with van der Waals surface area (Å²) in [5, 5.41) is 12.9. The van der Waals surface area contributed by atoms with Gasteiger partial charge in [0.25, 0.3) is 5.91 Å². The molecule has 0 spiro atoms. The highest BCUT2D eigenvalue weighted by Gasteiger charge is 2.07. The van der Waals surface area contributed by atoms with Crippen LogP contribution in [-0.4, -0.2) is 54.8 Å². The highest BCUT2D eigenvalue weighted by Crippen LogP contribution is 2.00. The summed E-state index contributed by atoms with van der Waals surface area (Å²) in [5.41, 5.74) is 0. The summed E-state index contributed by atoms with van der Waals surface area (Å²) >= 11 is 1.78. The zero-order valence-electron chi connectivity index (χ0n) is 10.9. The van der Waals surface area contributed by atoms with Crippen LogP contribution < -0.4 is 10.6 Å². The fourth-order valence-electron chi connectivity index (χ4n) is 1.19. The van der Waals surface area contributed by atoms with Gasteiger partial charge in [0.05, 0.1) is 0 Å². The number of urea groups is 1. The standard InChI is InChI=1S/C11H20N2O5S/c1-19-6-4-2-3-5-12-11(17)13-9(14)7-18-8-10(15)16/h2-8H2,1H3,(H,15,16)(H2,12,13,14,17). The Labute approximate surface area is 116 Å². The van der Waals surface area contributed by atoms with Crippen LogP contribution in [0, 0.1) is 0 Å². The molecule has 0 bridgehead atoms. The van der Waals surface area contributed by atoms with Crippen molar-refractivity contribution in [1.29, 1.82) is 0 Å². The number of carboxylic acids is 1. The van der Waals surface area contributed by atoms with Crippen molar-refractivity contribution in [3.63, 3.8) is 0 Å². The Kier molecular flexibility index (Phi) is 11.0. The number of carbonyl (C=O) groups excluding carboxylic acids is 2. The molecule has 0 aliphatic rings. The minimum Gasteiger partial charge on any atom is -0.480 e. The Morgan fingerprint density at radius 3 is 2.53 bits per heavy atom. The Bertz CT molecular complexity index is 299.